The summed E-state index contributed by atoms with van der Waals surface area (Å²) in [5, 5.41) is 12.3. The zero-order valence-corrected chi connectivity index (χ0v) is 11.6. The highest BCUT2D eigenvalue weighted by molar-refractivity contribution is 5.46. The minimum Gasteiger partial charge on any atom is -0.364 e. The molecule has 1 unspecified atom stereocenters. The number of nitrogens with one attached hydrogen (secondary N) is 1. The number of hydrogen-bond acceptors (Lipinski definition) is 4. The molecule has 1 rings (SSSR count). The lowest BCUT2D eigenvalue weighted by Gasteiger charge is -2.32. The maximum Gasteiger partial charge on any atom is 0.127 e. The standard InChI is InChI=1S/C14H22N4/c1-10(2)7-14(4,9-16)18-13-6-12(8-15)5-11(3)17-13/h5-6,10H,7,9,16H2,1-4H3,(H,17,18). The third-order valence-electron chi connectivity index (χ3n) is 2.82. The number of rotatable bonds is 5. The van der Waals surface area contributed by atoms with Crippen LogP contribution in [0.25, 0.3) is 0 Å². The highest BCUT2D eigenvalue weighted by atomic mass is 15.1. The Hall–Kier alpha value is -1.60. The molecule has 0 radical (unpaired) electrons. The molecule has 4 nitrogen and oxygen atoms in total. The summed E-state index contributed by atoms with van der Waals surface area (Å²) in [5.41, 5.74) is 7.12. The monoisotopic (exact) mass is 246 g/mol. The summed E-state index contributed by atoms with van der Waals surface area (Å²) in [7, 11) is 0. The zero-order chi connectivity index (χ0) is 13.8. The van der Waals surface area contributed by atoms with Crippen LogP contribution in [0.5, 0.6) is 0 Å². The molecule has 1 aromatic rings. The maximum absolute atomic E-state index is 8.96. The second-order valence-corrected chi connectivity index (χ2v) is 5.48. The number of pyridine rings is 1. The van der Waals surface area contributed by atoms with Crippen LogP contribution in [0.2, 0.25) is 0 Å². The fraction of sp³-hybridized carbons (Fsp3) is 0.571. The lowest BCUT2D eigenvalue weighted by atomic mass is 9.91. The third-order valence-corrected chi connectivity index (χ3v) is 2.82. The largest absolute Gasteiger partial charge is 0.364 e. The van der Waals surface area contributed by atoms with E-state index < -0.39 is 0 Å². The smallest absolute Gasteiger partial charge is 0.127 e. The SMILES string of the molecule is Cc1cc(C#N)cc(NC(C)(CN)CC(C)C)n1. The molecule has 1 aromatic heterocycles. The predicted octanol–water partition coefficient (Wildman–Crippen LogP) is 2.44. The van der Waals surface area contributed by atoms with Gasteiger partial charge in [-0.25, -0.2) is 4.98 Å². The topological polar surface area (TPSA) is 74.7 Å². The first-order chi connectivity index (χ1) is 8.38. The molecule has 0 saturated carbocycles. The van der Waals surface area contributed by atoms with Gasteiger partial charge in [-0.3, -0.25) is 0 Å². The van der Waals surface area contributed by atoms with E-state index >= 15 is 0 Å². The van der Waals surface area contributed by atoms with E-state index in [0.29, 0.717) is 18.0 Å². The highest BCUT2D eigenvalue weighted by Crippen LogP contribution is 2.21. The highest BCUT2D eigenvalue weighted by Gasteiger charge is 2.24. The molecular formula is C14H22N4. The lowest BCUT2D eigenvalue weighted by molar-refractivity contribution is 0.406. The molecule has 4 heteroatoms. The Kier molecular flexibility index (Phi) is 4.69. The summed E-state index contributed by atoms with van der Waals surface area (Å²) in [4.78, 5) is 4.40. The molecule has 0 aliphatic rings. The van der Waals surface area contributed by atoms with E-state index in [1.165, 1.54) is 0 Å². The van der Waals surface area contributed by atoms with Crippen molar-refractivity contribution >= 4 is 5.82 Å². The van der Waals surface area contributed by atoms with Crippen LogP contribution in [0.15, 0.2) is 12.1 Å². The van der Waals surface area contributed by atoms with Gasteiger partial charge in [-0.15, -0.1) is 0 Å². The van der Waals surface area contributed by atoms with Gasteiger partial charge in [0.05, 0.1) is 11.6 Å². The lowest BCUT2D eigenvalue weighted by Crippen LogP contribution is -2.43. The van der Waals surface area contributed by atoms with Crippen LogP contribution >= 0.6 is 0 Å². The number of nitrogens with zero attached hydrogens (tertiary/aromatic N) is 2. The van der Waals surface area contributed by atoms with Crippen molar-refractivity contribution in [1.29, 1.82) is 5.26 Å². The van der Waals surface area contributed by atoms with E-state index in [2.05, 4.69) is 37.1 Å². The van der Waals surface area contributed by atoms with Crippen LogP contribution in [0.4, 0.5) is 5.82 Å². The van der Waals surface area contributed by atoms with Gasteiger partial charge in [-0.1, -0.05) is 13.8 Å². The molecule has 0 saturated heterocycles. The Morgan fingerprint density at radius 2 is 2.17 bits per heavy atom. The number of nitrogens with two attached hydrogens (primary N) is 1. The van der Waals surface area contributed by atoms with Crippen molar-refractivity contribution in [2.24, 2.45) is 11.7 Å². The second-order valence-electron chi connectivity index (χ2n) is 5.48. The Morgan fingerprint density at radius 3 is 2.67 bits per heavy atom. The molecule has 1 heterocycles. The van der Waals surface area contributed by atoms with Gasteiger partial charge in [0.25, 0.3) is 0 Å². The predicted molar refractivity (Wildman–Crippen MR) is 74.2 cm³/mol. The number of aromatic nitrogens is 1. The van der Waals surface area contributed by atoms with Gasteiger partial charge in [0.1, 0.15) is 5.82 Å². The van der Waals surface area contributed by atoms with E-state index in [4.69, 9.17) is 11.0 Å². The minimum absolute atomic E-state index is 0.193. The van der Waals surface area contributed by atoms with Crippen molar-refractivity contribution in [3.63, 3.8) is 0 Å². The number of anilines is 1. The molecular weight excluding hydrogens is 224 g/mol. The van der Waals surface area contributed by atoms with Crippen molar-refractivity contribution in [2.45, 2.75) is 39.7 Å². The average Bonchev–Trinajstić information content (AvgIpc) is 2.26. The Labute approximate surface area is 109 Å². The Balaban J connectivity index is 2.95. The number of hydrogen-bond donors (Lipinski definition) is 2. The first kappa shape index (κ1) is 14.5. The van der Waals surface area contributed by atoms with Crippen LogP contribution < -0.4 is 11.1 Å². The van der Waals surface area contributed by atoms with Crippen LogP contribution in [-0.4, -0.2) is 17.1 Å². The molecule has 18 heavy (non-hydrogen) atoms. The maximum atomic E-state index is 8.96. The van der Waals surface area contributed by atoms with Gasteiger partial charge < -0.3 is 11.1 Å². The van der Waals surface area contributed by atoms with Crippen LogP contribution in [0.1, 0.15) is 38.4 Å². The first-order valence-electron chi connectivity index (χ1n) is 6.25. The molecule has 0 spiro atoms. The Morgan fingerprint density at radius 1 is 1.50 bits per heavy atom. The molecule has 0 bridgehead atoms. The molecule has 0 amide bonds. The summed E-state index contributed by atoms with van der Waals surface area (Å²) >= 11 is 0. The summed E-state index contributed by atoms with van der Waals surface area (Å²) in [5.74, 6) is 1.27. The third kappa shape index (κ3) is 4.01. The minimum atomic E-state index is -0.193. The Bertz CT molecular complexity index is 448. The fourth-order valence-corrected chi connectivity index (χ4v) is 2.19. The molecule has 98 valence electrons. The van der Waals surface area contributed by atoms with Crippen molar-refractivity contribution in [2.75, 3.05) is 11.9 Å². The average molecular weight is 246 g/mol. The molecule has 3 N–H and O–H groups in total. The quantitative estimate of drug-likeness (QED) is 0.836. The summed E-state index contributed by atoms with van der Waals surface area (Å²) in [6, 6.07) is 5.68. The van der Waals surface area contributed by atoms with Crippen molar-refractivity contribution in [1.82, 2.24) is 4.98 Å². The van der Waals surface area contributed by atoms with Gasteiger partial charge in [0, 0.05) is 17.8 Å². The first-order valence-corrected chi connectivity index (χ1v) is 6.25. The van der Waals surface area contributed by atoms with Gasteiger partial charge in [0.2, 0.25) is 0 Å². The molecule has 0 aromatic carbocycles. The van der Waals surface area contributed by atoms with E-state index in [9.17, 15) is 0 Å². The fourth-order valence-electron chi connectivity index (χ4n) is 2.19. The summed E-state index contributed by atoms with van der Waals surface area (Å²) in [6.07, 6.45) is 0.959. The van der Waals surface area contributed by atoms with Crippen LogP contribution in [-0.2, 0) is 0 Å². The van der Waals surface area contributed by atoms with E-state index in [1.807, 2.05) is 6.92 Å². The van der Waals surface area contributed by atoms with E-state index in [0.717, 1.165) is 17.9 Å². The molecule has 0 aliphatic heterocycles. The van der Waals surface area contributed by atoms with Gasteiger partial charge in [-0.2, -0.15) is 5.26 Å². The number of nitriles is 1. The second kappa shape index (κ2) is 5.83. The molecule has 0 fully saturated rings. The van der Waals surface area contributed by atoms with Gasteiger partial charge in [0.15, 0.2) is 0 Å². The van der Waals surface area contributed by atoms with Crippen molar-refractivity contribution in [3.8, 4) is 6.07 Å². The molecule has 0 aliphatic carbocycles. The van der Waals surface area contributed by atoms with E-state index in [-0.39, 0.29) is 5.54 Å². The number of aryl methyl sites for hydroxylation is 1. The van der Waals surface area contributed by atoms with Crippen LogP contribution in [0, 0.1) is 24.2 Å². The van der Waals surface area contributed by atoms with Crippen molar-refractivity contribution < 1.29 is 0 Å². The normalized spacial score (nSPS) is 14.1. The summed E-state index contributed by atoms with van der Waals surface area (Å²) in [6.45, 7) is 8.83. The summed E-state index contributed by atoms with van der Waals surface area (Å²) < 4.78 is 0. The molecule has 1 atom stereocenters. The van der Waals surface area contributed by atoms with Gasteiger partial charge >= 0.3 is 0 Å². The zero-order valence-electron chi connectivity index (χ0n) is 11.6. The van der Waals surface area contributed by atoms with Gasteiger partial charge in [-0.05, 0) is 38.3 Å². The van der Waals surface area contributed by atoms with Crippen molar-refractivity contribution in [3.05, 3.63) is 23.4 Å². The van der Waals surface area contributed by atoms with E-state index in [1.54, 1.807) is 12.1 Å². The van der Waals surface area contributed by atoms with Crippen LogP contribution in [0.3, 0.4) is 0 Å².